The first-order valence-corrected chi connectivity index (χ1v) is 8.84. The van der Waals surface area contributed by atoms with Gasteiger partial charge in [0, 0.05) is 19.2 Å². The van der Waals surface area contributed by atoms with Gasteiger partial charge in [-0.25, -0.2) is 9.98 Å². The number of methoxy groups -OCH3 is 1. The van der Waals surface area contributed by atoms with Crippen LogP contribution < -0.4 is 15.4 Å². The zero-order chi connectivity index (χ0) is 16.3. The van der Waals surface area contributed by atoms with Crippen molar-refractivity contribution >= 4 is 29.9 Å². The molecule has 6 heteroatoms. The van der Waals surface area contributed by atoms with Gasteiger partial charge < -0.3 is 15.4 Å². The first-order chi connectivity index (χ1) is 11.3. The van der Waals surface area contributed by atoms with E-state index in [1.165, 1.54) is 38.5 Å². The lowest BCUT2D eigenvalue weighted by Gasteiger charge is -2.13. The van der Waals surface area contributed by atoms with Crippen LogP contribution in [0, 0.1) is 5.92 Å². The largest absolute Gasteiger partial charge is 0.481 e. The van der Waals surface area contributed by atoms with E-state index in [2.05, 4.69) is 27.5 Å². The van der Waals surface area contributed by atoms with Crippen LogP contribution in [-0.4, -0.2) is 31.1 Å². The lowest BCUT2D eigenvalue weighted by Crippen LogP contribution is -2.37. The highest BCUT2D eigenvalue weighted by atomic mass is 127. The Balaban J connectivity index is 0.00000288. The molecular weight excluding hydrogens is 415 g/mol. The maximum absolute atomic E-state index is 5.15. The lowest BCUT2D eigenvalue weighted by molar-refractivity contribution is 0.396. The molecule has 0 amide bonds. The molecule has 0 unspecified atom stereocenters. The van der Waals surface area contributed by atoms with Crippen molar-refractivity contribution in [2.75, 3.05) is 20.2 Å². The fourth-order valence-corrected chi connectivity index (χ4v) is 3.06. The molecule has 2 rings (SSSR count). The van der Waals surface area contributed by atoms with Crippen LogP contribution in [0.15, 0.2) is 23.2 Å². The number of nitrogens with one attached hydrogen (secondary N) is 2. The van der Waals surface area contributed by atoms with Gasteiger partial charge in [-0.3, -0.25) is 0 Å². The Morgan fingerprint density at radius 2 is 2.08 bits per heavy atom. The molecule has 0 spiro atoms. The second kappa shape index (κ2) is 12.3. The van der Waals surface area contributed by atoms with Crippen molar-refractivity contribution in [3.05, 3.63) is 23.9 Å². The molecule has 0 atom stereocenters. The molecule has 1 aliphatic carbocycles. The van der Waals surface area contributed by atoms with Gasteiger partial charge in [0.1, 0.15) is 0 Å². The Morgan fingerprint density at radius 3 is 2.79 bits per heavy atom. The summed E-state index contributed by atoms with van der Waals surface area (Å²) in [6, 6.07) is 5.76. The van der Waals surface area contributed by atoms with Gasteiger partial charge in [0.25, 0.3) is 0 Å². The summed E-state index contributed by atoms with van der Waals surface area (Å²) < 4.78 is 5.15. The molecule has 24 heavy (non-hydrogen) atoms. The number of aromatic nitrogens is 1. The van der Waals surface area contributed by atoms with E-state index in [0.717, 1.165) is 30.7 Å². The van der Waals surface area contributed by atoms with Gasteiger partial charge in [0.05, 0.1) is 19.3 Å². The summed E-state index contributed by atoms with van der Waals surface area (Å²) in [5, 5.41) is 6.71. The average Bonchev–Trinajstić information content (AvgIpc) is 3.10. The molecule has 0 radical (unpaired) electrons. The summed E-state index contributed by atoms with van der Waals surface area (Å²) in [4.78, 5) is 8.99. The van der Waals surface area contributed by atoms with E-state index >= 15 is 0 Å². The maximum Gasteiger partial charge on any atom is 0.213 e. The van der Waals surface area contributed by atoms with Gasteiger partial charge in [-0.1, -0.05) is 31.7 Å². The molecule has 1 fully saturated rings. The predicted octanol–water partition coefficient (Wildman–Crippen LogP) is 3.73. The summed E-state index contributed by atoms with van der Waals surface area (Å²) in [6.45, 7) is 4.47. The minimum absolute atomic E-state index is 0. The van der Waals surface area contributed by atoms with Gasteiger partial charge in [0.15, 0.2) is 5.96 Å². The van der Waals surface area contributed by atoms with E-state index in [-0.39, 0.29) is 24.0 Å². The van der Waals surface area contributed by atoms with Gasteiger partial charge in [-0.05, 0) is 31.7 Å². The Kier molecular flexibility index (Phi) is 10.8. The Labute approximate surface area is 163 Å². The van der Waals surface area contributed by atoms with E-state index in [1.54, 1.807) is 7.11 Å². The molecule has 0 saturated heterocycles. The summed E-state index contributed by atoms with van der Waals surface area (Å²) in [5.41, 5.74) is 0.910. The Hall–Kier alpha value is -1.05. The fraction of sp³-hybridized carbons (Fsp3) is 0.667. The third kappa shape index (κ3) is 7.68. The van der Waals surface area contributed by atoms with Crippen LogP contribution in [0.3, 0.4) is 0 Å². The van der Waals surface area contributed by atoms with E-state index in [0.29, 0.717) is 12.4 Å². The van der Waals surface area contributed by atoms with Crippen molar-refractivity contribution in [3.8, 4) is 5.88 Å². The molecule has 136 valence electrons. The molecule has 0 aromatic carbocycles. The summed E-state index contributed by atoms with van der Waals surface area (Å²) >= 11 is 0. The van der Waals surface area contributed by atoms with Crippen LogP contribution in [0.5, 0.6) is 5.88 Å². The van der Waals surface area contributed by atoms with E-state index in [4.69, 9.17) is 4.74 Å². The topological polar surface area (TPSA) is 58.5 Å². The van der Waals surface area contributed by atoms with Gasteiger partial charge >= 0.3 is 0 Å². The van der Waals surface area contributed by atoms with Crippen LogP contribution in [0.2, 0.25) is 0 Å². The maximum atomic E-state index is 5.15. The third-order valence-corrected chi connectivity index (χ3v) is 4.29. The monoisotopic (exact) mass is 446 g/mol. The fourth-order valence-electron chi connectivity index (χ4n) is 3.06. The average molecular weight is 446 g/mol. The number of nitrogens with zero attached hydrogens (tertiary/aromatic N) is 2. The minimum Gasteiger partial charge on any atom is -0.481 e. The predicted molar refractivity (Wildman–Crippen MR) is 110 cm³/mol. The standard InChI is InChI=1S/C18H30N4O.HI/c1-3-19-18(20-13-7-10-15-8-4-5-9-15)21-14-16-11-6-12-17(22-16)23-2;/h6,11-12,15H,3-5,7-10,13-14H2,1-2H3,(H2,19,20,21);1H. The number of ether oxygens (including phenoxy) is 1. The van der Waals surface area contributed by atoms with Gasteiger partial charge in [-0.2, -0.15) is 0 Å². The van der Waals surface area contributed by atoms with Crippen LogP contribution in [0.4, 0.5) is 0 Å². The zero-order valence-electron chi connectivity index (χ0n) is 14.9. The highest BCUT2D eigenvalue weighted by molar-refractivity contribution is 14.0. The van der Waals surface area contributed by atoms with E-state index in [1.807, 2.05) is 18.2 Å². The molecule has 1 aliphatic rings. The lowest BCUT2D eigenvalue weighted by atomic mass is 10.0. The van der Waals surface area contributed by atoms with Gasteiger partial charge in [0.2, 0.25) is 5.88 Å². The van der Waals surface area contributed by atoms with Crippen molar-refractivity contribution in [2.24, 2.45) is 10.9 Å². The van der Waals surface area contributed by atoms with Crippen molar-refractivity contribution in [2.45, 2.75) is 52.0 Å². The SMILES string of the molecule is CCNC(=NCc1cccc(OC)n1)NCCCC1CCCC1.I. The number of hydrogen-bond donors (Lipinski definition) is 2. The molecular formula is C18H31IN4O. The molecule has 0 aliphatic heterocycles. The number of pyridine rings is 1. The smallest absolute Gasteiger partial charge is 0.213 e. The number of rotatable bonds is 8. The second-order valence-corrected chi connectivity index (χ2v) is 6.09. The van der Waals surface area contributed by atoms with E-state index in [9.17, 15) is 0 Å². The quantitative estimate of drug-likeness (QED) is 0.277. The van der Waals surface area contributed by atoms with E-state index < -0.39 is 0 Å². The summed E-state index contributed by atoms with van der Waals surface area (Å²) in [7, 11) is 1.63. The minimum atomic E-state index is 0. The summed E-state index contributed by atoms with van der Waals surface area (Å²) in [5.74, 6) is 2.45. The normalized spacial score (nSPS) is 15.0. The molecule has 2 N–H and O–H groups in total. The molecule has 1 aromatic heterocycles. The Morgan fingerprint density at radius 1 is 1.29 bits per heavy atom. The van der Waals surface area contributed by atoms with Crippen LogP contribution >= 0.6 is 24.0 Å². The third-order valence-electron chi connectivity index (χ3n) is 4.29. The highest BCUT2D eigenvalue weighted by Gasteiger charge is 2.13. The first kappa shape index (κ1) is 21.0. The number of guanidine groups is 1. The molecule has 1 aromatic rings. The van der Waals surface area contributed by atoms with Crippen molar-refractivity contribution in [1.29, 1.82) is 0 Å². The number of halogens is 1. The zero-order valence-corrected chi connectivity index (χ0v) is 17.2. The van der Waals surface area contributed by atoms with Crippen LogP contribution in [-0.2, 0) is 6.54 Å². The van der Waals surface area contributed by atoms with Crippen LogP contribution in [0.1, 0.15) is 51.1 Å². The first-order valence-electron chi connectivity index (χ1n) is 8.84. The molecule has 0 bridgehead atoms. The van der Waals surface area contributed by atoms with Crippen molar-refractivity contribution in [1.82, 2.24) is 15.6 Å². The van der Waals surface area contributed by atoms with Crippen molar-refractivity contribution in [3.63, 3.8) is 0 Å². The highest BCUT2D eigenvalue weighted by Crippen LogP contribution is 2.28. The Bertz CT molecular complexity index is 490. The van der Waals surface area contributed by atoms with Crippen LogP contribution in [0.25, 0.3) is 0 Å². The molecule has 5 nitrogen and oxygen atoms in total. The second-order valence-electron chi connectivity index (χ2n) is 6.09. The van der Waals surface area contributed by atoms with Gasteiger partial charge in [-0.15, -0.1) is 24.0 Å². The van der Waals surface area contributed by atoms with Crippen molar-refractivity contribution < 1.29 is 4.74 Å². The summed E-state index contributed by atoms with van der Waals surface area (Å²) in [6.07, 6.45) is 8.26. The number of aliphatic imine (C=N–C) groups is 1. The molecule has 1 heterocycles. The molecule has 1 saturated carbocycles. The number of hydrogen-bond acceptors (Lipinski definition) is 3.